The van der Waals surface area contributed by atoms with Crippen LogP contribution >= 0.6 is 0 Å². The number of benzene rings is 1. The van der Waals surface area contributed by atoms with Gasteiger partial charge in [-0.1, -0.05) is 31.2 Å². The average Bonchev–Trinajstić information content (AvgIpc) is 3.26. The Balaban J connectivity index is 1.23. The van der Waals surface area contributed by atoms with E-state index in [0.29, 0.717) is 31.7 Å². The van der Waals surface area contributed by atoms with Gasteiger partial charge in [-0.05, 0) is 50.2 Å². The molecule has 6 heteroatoms. The van der Waals surface area contributed by atoms with Gasteiger partial charge in [-0.25, -0.2) is 4.98 Å². The molecule has 1 aliphatic carbocycles. The molecule has 0 radical (unpaired) electrons. The summed E-state index contributed by atoms with van der Waals surface area (Å²) in [6.07, 6.45) is 6.64. The van der Waals surface area contributed by atoms with Crippen LogP contribution in [-0.4, -0.2) is 40.6 Å². The molecular formula is C26H31N3O3. The highest BCUT2D eigenvalue weighted by molar-refractivity contribution is 5.78. The van der Waals surface area contributed by atoms with E-state index in [1.54, 1.807) is 0 Å². The molecule has 1 saturated heterocycles. The minimum atomic E-state index is -0.357. The summed E-state index contributed by atoms with van der Waals surface area (Å²) >= 11 is 0. The second-order valence-corrected chi connectivity index (χ2v) is 9.18. The van der Waals surface area contributed by atoms with Crippen molar-refractivity contribution < 1.29 is 14.2 Å². The van der Waals surface area contributed by atoms with Crippen molar-refractivity contribution in [3.05, 3.63) is 59.7 Å². The number of para-hydroxylation sites is 1. The van der Waals surface area contributed by atoms with Crippen LogP contribution in [-0.2, 0) is 15.9 Å². The van der Waals surface area contributed by atoms with E-state index in [1.165, 1.54) is 5.39 Å². The Morgan fingerprint density at radius 3 is 2.66 bits per heavy atom. The van der Waals surface area contributed by atoms with Crippen LogP contribution in [0.5, 0.6) is 5.88 Å². The number of ether oxygens (including phenoxy) is 3. The van der Waals surface area contributed by atoms with Crippen molar-refractivity contribution >= 4 is 10.9 Å². The predicted octanol–water partition coefficient (Wildman–Crippen LogP) is 4.99. The number of hydrogen-bond donors (Lipinski definition) is 0. The molecule has 1 saturated carbocycles. The highest BCUT2D eigenvalue weighted by Gasteiger charge is 2.41. The van der Waals surface area contributed by atoms with Gasteiger partial charge in [-0.15, -0.1) is 0 Å². The molecule has 2 fully saturated rings. The molecule has 1 atom stereocenters. The molecule has 0 bridgehead atoms. The van der Waals surface area contributed by atoms with E-state index in [1.807, 2.05) is 25.3 Å². The van der Waals surface area contributed by atoms with Gasteiger partial charge < -0.3 is 14.2 Å². The number of hydrogen-bond acceptors (Lipinski definition) is 6. The van der Waals surface area contributed by atoms with Crippen molar-refractivity contribution in [1.82, 2.24) is 15.0 Å². The molecule has 1 spiro atoms. The minimum absolute atomic E-state index is 0.321. The Bertz CT molecular complexity index is 1070. The fraction of sp³-hybridized carbons (Fsp3) is 0.500. The highest BCUT2D eigenvalue weighted by atomic mass is 16.7. The molecule has 3 heterocycles. The molecule has 3 aromatic rings. The fourth-order valence-corrected chi connectivity index (χ4v) is 4.87. The number of nitrogens with zero attached hydrogens (tertiary/aromatic N) is 3. The zero-order valence-electron chi connectivity index (χ0n) is 18.9. The Hall–Kier alpha value is -2.57. The number of aromatic nitrogens is 3. The highest BCUT2D eigenvalue weighted by Crippen LogP contribution is 2.44. The molecule has 0 amide bonds. The average molecular weight is 434 g/mol. The molecule has 5 rings (SSSR count). The summed E-state index contributed by atoms with van der Waals surface area (Å²) in [6, 6.07) is 12.5. The van der Waals surface area contributed by atoms with Crippen LogP contribution < -0.4 is 4.74 Å². The van der Waals surface area contributed by atoms with Crippen LogP contribution in [0.3, 0.4) is 0 Å². The van der Waals surface area contributed by atoms with Crippen LogP contribution in [0.15, 0.2) is 42.6 Å². The van der Waals surface area contributed by atoms with Crippen LogP contribution in [0.25, 0.3) is 10.9 Å². The summed E-state index contributed by atoms with van der Waals surface area (Å²) < 4.78 is 18.0. The molecule has 2 aliphatic rings. The summed E-state index contributed by atoms with van der Waals surface area (Å²) in [7, 11) is 0. The third kappa shape index (κ3) is 4.62. The molecule has 6 nitrogen and oxygen atoms in total. The smallest absolute Gasteiger partial charge is 0.220 e. The zero-order chi connectivity index (χ0) is 22.0. The first kappa shape index (κ1) is 21.3. The molecular weight excluding hydrogens is 402 g/mol. The van der Waals surface area contributed by atoms with Gasteiger partial charge in [0, 0.05) is 35.7 Å². The Morgan fingerprint density at radius 2 is 1.84 bits per heavy atom. The molecule has 32 heavy (non-hydrogen) atoms. The number of rotatable bonds is 6. The molecule has 1 aliphatic heterocycles. The molecule has 168 valence electrons. The van der Waals surface area contributed by atoms with E-state index < -0.39 is 0 Å². The van der Waals surface area contributed by atoms with Gasteiger partial charge in [0.15, 0.2) is 5.79 Å². The van der Waals surface area contributed by atoms with E-state index in [4.69, 9.17) is 19.2 Å². The van der Waals surface area contributed by atoms with Crippen molar-refractivity contribution in [2.75, 3.05) is 19.8 Å². The quantitative estimate of drug-likeness (QED) is 0.546. The van der Waals surface area contributed by atoms with Crippen LogP contribution in [0, 0.1) is 12.8 Å². The van der Waals surface area contributed by atoms with Gasteiger partial charge in [-0.3, -0.25) is 4.98 Å². The Morgan fingerprint density at radius 1 is 1.06 bits per heavy atom. The second-order valence-electron chi connectivity index (χ2n) is 9.18. The topological polar surface area (TPSA) is 66.4 Å². The lowest BCUT2D eigenvalue weighted by Crippen LogP contribution is -2.34. The standard InChI is InChI=1S/C26H31N3O3/c1-18(15-22-8-7-21-5-3-4-6-24(21)29-22)17-30-25-23(16-27-19(2)28-25)20-9-11-26(12-10-20)31-13-14-32-26/h3-8,16,18,20H,9-15,17H2,1-2H3. The number of aryl methyl sites for hydroxylation is 1. The SMILES string of the molecule is Cc1ncc(C2CCC3(CC2)OCCO3)c(OCC(C)Cc2ccc3ccccc3n2)n1. The van der Waals surface area contributed by atoms with E-state index in [0.717, 1.165) is 60.6 Å². The Labute approximate surface area is 189 Å². The van der Waals surface area contributed by atoms with Crippen molar-refractivity contribution in [2.45, 2.75) is 57.7 Å². The van der Waals surface area contributed by atoms with Gasteiger partial charge in [0.2, 0.25) is 5.88 Å². The van der Waals surface area contributed by atoms with E-state index in [-0.39, 0.29) is 5.79 Å². The van der Waals surface area contributed by atoms with E-state index in [9.17, 15) is 0 Å². The first-order valence-corrected chi connectivity index (χ1v) is 11.7. The largest absolute Gasteiger partial charge is 0.477 e. The van der Waals surface area contributed by atoms with E-state index in [2.05, 4.69) is 41.2 Å². The van der Waals surface area contributed by atoms with Gasteiger partial charge in [0.25, 0.3) is 0 Å². The molecule has 1 aromatic carbocycles. The maximum Gasteiger partial charge on any atom is 0.220 e. The molecule has 0 N–H and O–H groups in total. The summed E-state index contributed by atoms with van der Waals surface area (Å²) in [4.78, 5) is 13.9. The van der Waals surface area contributed by atoms with Gasteiger partial charge >= 0.3 is 0 Å². The summed E-state index contributed by atoms with van der Waals surface area (Å²) in [5.41, 5.74) is 3.24. The van der Waals surface area contributed by atoms with Crippen molar-refractivity contribution in [1.29, 1.82) is 0 Å². The van der Waals surface area contributed by atoms with Crippen LogP contribution in [0.2, 0.25) is 0 Å². The number of pyridine rings is 1. The van der Waals surface area contributed by atoms with Gasteiger partial charge in [0.05, 0.1) is 25.3 Å². The molecule has 1 unspecified atom stereocenters. The monoisotopic (exact) mass is 433 g/mol. The third-order valence-corrected chi connectivity index (χ3v) is 6.62. The normalized spacial score (nSPS) is 19.4. The Kier molecular flexibility index (Phi) is 6.07. The third-order valence-electron chi connectivity index (χ3n) is 6.62. The van der Waals surface area contributed by atoms with Crippen LogP contribution in [0.4, 0.5) is 0 Å². The number of fused-ring (bicyclic) bond motifs is 1. The lowest BCUT2D eigenvalue weighted by atomic mass is 9.81. The van der Waals surface area contributed by atoms with Crippen LogP contribution in [0.1, 0.15) is 55.6 Å². The first-order valence-electron chi connectivity index (χ1n) is 11.7. The van der Waals surface area contributed by atoms with Crippen molar-refractivity contribution in [2.24, 2.45) is 5.92 Å². The van der Waals surface area contributed by atoms with Crippen molar-refractivity contribution in [3.8, 4) is 5.88 Å². The lowest BCUT2D eigenvalue weighted by molar-refractivity contribution is -0.178. The zero-order valence-corrected chi connectivity index (χ0v) is 18.9. The molecule has 2 aromatic heterocycles. The maximum absolute atomic E-state index is 6.27. The first-order chi connectivity index (χ1) is 15.6. The lowest BCUT2D eigenvalue weighted by Gasteiger charge is -2.35. The fourth-order valence-electron chi connectivity index (χ4n) is 4.87. The van der Waals surface area contributed by atoms with Gasteiger partial charge in [0.1, 0.15) is 5.82 Å². The summed E-state index contributed by atoms with van der Waals surface area (Å²) in [5.74, 6) is 1.81. The van der Waals surface area contributed by atoms with E-state index >= 15 is 0 Å². The summed E-state index contributed by atoms with van der Waals surface area (Å²) in [5, 5.41) is 1.17. The van der Waals surface area contributed by atoms with Gasteiger partial charge in [-0.2, -0.15) is 4.98 Å². The maximum atomic E-state index is 6.27. The minimum Gasteiger partial charge on any atom is -0.477 e. The summed E-state index contributed by atoms with van der Waals surface area (Å²) in [6.45, 7) is 6.12. The predicted molar refractivity (Wildman–Crippen MR) is 123 cm³/mol. The van der Waals surface area contributed by atoms with Crippen molar-refractivity contribution in [3.63, 3.8) is 0 Å². The second kappa shape index (κ2) is 9.12.